The molecule has 2 heterocycles. The lowest BCUT2D eigenvalue weighted by Gasteiger charge is -2.14. The van der Waals surface area contributed by atoms with Crippen LogP contribution >= 0.6 is 34.4 Å². The zero-order valence-electron chi connectivity index (χ0n) is 14.4. The van der Waals surface area contributed by atoms with Gasteiger partial charge >= 0.3 is 0 Å². The molecule has 0 atom stereocenters. The second-order valence-corrected chi connectivity index (χ2v) is 9.31. The molecule has 0 unspecified atom stereocenters. The molecule has 0 bridgehead atoms. The van der Waals surface area contributed by atoms with Crippen LogP contribution in [-0.2, 0) is 11.2 Å². The van der Waals surface area contributed by atoms with E-state index in [1.54, 1.807) is 23.1 Å². The number of aromatic nitrogens is 1. The number of benzene rings is 1. The van der Waals surface area contributed by atoms with Crippen LogP contribution in [0.4, 0.5) is 5.13 Å². The molecule has 0 saturated carbocycles. The predicted octanol–water partition coefficient (Wildman–Crippen LogP) is 6.05. The molecular weight excluding hydrogens is 368 g/mol. The summed E-state index contributed by atoms with van der Waals surface area (Å²) in [7, 11) is 0. The van der Waals surface area contributed by atoms with Crippen molar-refractivity contribution in [3.8, 4) is 0 Å². The van der Waals surface area contributed by atoms with Gasteiger partial charge in [0.2, 0.25) is 0 Å². The van der Waals surface area contributed by atoms with E-state index in [0.717, 1.165) is 16.3 Å². The Morgan fingerprint density at radius 1 is 1.20 bits per heavy atom. The lowest BCUT2D eigenvalue weighted by Crippen LogP contribution is -2.14. The molecule has 3 rings (SSSR count). The highest BCUT2D eigenvalue weighted by Crippen LogP contribution is 2.29. The smallest absolute Gasteiger partial charge is 0.258 e. The number of nitrogens with zero attached hydrogens (tertiary/aromatic N) is 1. The first kappa shape index (κ1) is 18.2. The summed E-state index contributed by atoms with van der Waals surface area (Å²) in [5.74, 6) is 0.752. The lowest BCUT2D eigenvalue weighted by molar-refractivity contribution is 0.102. The Morgan fingerprint density at radius 2 is 2.00 bits per heavy atom. The number of nitrogens with one attached hydrogen (secondary N) is 1. The van der Waals surface area contributed by atoms with E-state index in [4.69, 9.17) is 0 Å². The summed E-state index contributed by atoms with van der Waals surface area (Å²) in [6.45, 7) is 6.35. The van der Waals surface area contributed by atoms with Crippen LogP contribution in [0.2, 0.25) is 0 Å². The van der Waals surface area contributed by atoms with E-state index in [-0.39, 0.29) is 11.3 Å². The zero-order valence-corrected chi connectivity index (χ0v) is 16.9. The minimum absolute atomic E-state index is 0.0201. The van der Waals surface area contributed by atoms with Crippen LogP contribution in [0.5, 0.6) is 0 Å². The Morgan fingerprint density at radius 3 is 2.68 bits per heavy atom. The Balaban J connectivity index is 1.72. The number of carbonyl (C=O) groups is 1. The van der Waals surface area contributed by atoms with Gasteiger partial charge in [-0.2, -0.15) is 11.3 Å². The van der Waals surface area contributed by atoms with E-state index < -0.39 is 0 Å². The normalized spacial score (nSPS) is 11.5. The first-order valence-corrected chi connectivity index (χ1v) is 10.7. The third-order valence-electron chi connectivity index (χ3n) is 3.60. The molecule has 1 N–H and O–H groups in total. The minimum atomic E-state index is -0.108. The largest absolute Gasteiger partial charge is 0.298 e. The Kier molecular flexibility index (Phi) is 5.61. The number of thioether (sulfide) groups is 1. The second kappa shape index (κ2) is 7.72. The van der Waals surface area contributed by atoms with E-state index in [9.17, 15) is 4.79 Å². The van der Waals surface area contributed by atoms with E-state index in [1.165, 1.54) is 16.9 Å². The molecule has 130 valence electrons. The first-order valence-electron chi connectivity index (χ1n) is 7.94. The standard InChI is InChI=1S/C19H20N2OS3/c1-19(2,3)16-12-25-18(20-16)21-17(22)14-6-4-5-7-15(14)24-11-13-8-9-23-10-13/h4-10,12H,11H2,1-3H3,(H,20,21,22). The quantitative estimate of drug-likeness (QED) is 0.541. The molecule has 0 aliphatic heterocycles. The van der Waals surface area contributed by atoms with Crippen molar-refractivity contribution in [3.05, 3.63) is 63.3 Å². The van der Waals surface area contributed by atoms with E-state index in [0.29, 0.717) is 10.7 Å². The fourth-order valence-corrected chi connectivity index (χ4v) is 4.86. The highest BCUT2D eigenvalue weighted by atomic mass is 32.2. The van der Waals surface area contributed by atoms with Gasteiger partial charge < -0.3 is 0 Å². The third-order valence-corrected chi connectivity index (χ3v) is 6.23. The van der Waals surface area contributed by atoms with Crippen LogP contribution in [0.1, 0.15) is 42.4 Å². The van der Waals surface area contributed by atoms with Crippen molar-refractivity contribution in [1.82, 2.24) is 4.98 Å². The Labute approximate surface area is 160 Å². The van der Waals surface area contributed by atoms with Gasteiger partial charge in [-0.15, -0.1) is 23.1 Å². The van der Waals surface area contributed by atoms with Crippen molar-refractivity contribution in [1.29, 1.82) is 0 Å². The second-order valence-electron chi connectivity index (χ2n) is 6.66. The summed E-state index contributed by atoms with van der Waals surface area (Å²) in [4.78, 5) is 18.2. The number of thiazole rings is 1. The van der Waals surface area contributed by atoms with Crippen LogP contribution in [0.15, 0.2) is 51.4 Å². The van der Waals surface area contributed by atoms with Crippen LogP contribution < -0.4 is 5.32 Å². The van der Waals surface area contributed by atoms with Crippen molar-refractivity contribution in [3.63, 3.8) is 0 Å². The third kappa shape index (κ3) is 4.71. The van der Waals surface area contributed by atoms with Gasteiger partial charge in [0, 0.05) is 21.4 Å². The van der Waals surface area contributed by atoms with Crippen molar-refractivity contribution in [2.45, 2.75) is 36.8 Å². The Bertz CT molecular complexity index is 848. The topological polar surface area (TPSA) is 42.0 Å². The summed E-state index contributed by atoms with van der Waals surface area (Å²) < 4.78 is 0. The SMILES string of the molecule is CC(C)(C)c1csc(NC(=O)c2ccccc2SCc2ccsc2)n1. The van der Waals surface area contributed by atoms with Gasteiger partial charge in [0.1, 0.15) is 0 Å². The molecule has 2 aromatic heterocycles. The molecule has 6 heteroatoms. The van der Waals surface area contributed by atoms with Gasteiger partial charge in [-0.1, -0.05) is 32.9 Å². The molecule has 0 saturated heterocycles. The van der Waals surface area contributed by atoms with Gasteiger partial charge in [0.25, 0.3) is 5.91 Å². The number of hydrogen-bond acceptors (Lipinski definition) is 5. The Hall–Kier alpha value is -1.63. The van der Waals surface area contributed by atoms with Gasteiger partial charge in [0.05, 0.1) is 11.3 Å². The molecule has 3 nitrogen and oxygen atoms in total. The monoisotopic (exact) mass is 388 g/mol. The number of amides is 1. The average Bonchev–Trinajstić information content (AvgIpc) is 3.24. The lowest BCUT2D eigenvalue weighted by atomic mass is 9.93. The molecule has 0 aliphatic rings. The fraction of sp³-hybridized carbons (Fsp3) is 0.263. The van der Waals surface area contributed by atoms with Crippen LogP contribution in [0, 0.1) is 0 Å². The highest BCUT2D eigenvalue weighted by molar-refractivity contribution is 7.98. The number of rotatable bonds is 5. The van der Waals surface area contributed by atoms with Crippen LogP contribution in [0.3, 0.4) is 0 Å². The van der Waals surface area contributed by atoms with Crippen molar-refractivity contribution in [2.75, 3.05) is 5.32 Å². The molecule has 0 spiro atoms. The molecule has 1 aromatic carbocycles. The van der Waals surface area contributed by atoms with Gasteiger partial charge in [-0.3, -0.25) is 10.1 Å². The first-order chi connectivity index (χ1) is 11.9. The number of hydrogen-bond donors (Lipinski definition) is 1. The number of anilines is 1. The maximum Gasteiger partial charge on any atom is 0.258 e. The summed E-state index contributed by atoms with van der Waals surface area (Å²) in [6.07, 6.45) is 0. The van der Waals surface area contributed by atoms with Crippen LogP contribution in [0.25, 0.3) is 0 Å². The average molecular weight is 389 g/mol. The molecule has 0 aliphatic carbocycles. The minimum Gasteiger partial charge on any atom is -0.298 e. The maximum absolute atomic E-state index is 12.7. The zero-order chi connectivity index (χ0) is 17.9. The highest BCUT2D eigenvalue weighted by Gasteiger charge is 2.19. The molecular formula is C19H20N2OS3. The molecule has 1 amide bonds. The van der Waals surface area contributed by atoms with Crippen LogP contribution in [-0.4, -0.2) is 10.9 Å². The van der Waals surface area contributed by atoms with Gasteiger partial charge in [-0.05, 0) is 34.5 Å². The fourth-order valence-electron chi connectivity index (χ4n) is 2.16. The summed E-state index contributed by atoms with van der Waals surface area (Å²) in [6, 6.07) is 9.84. The van der Waals surface area contributed by atoms with E-state index in [2.05, 4.69) is 47.9 Å². The predicted molar refractivity (Wildman–Crippen MR) is 109 cm³/mol. The van der Waals surface area contributed by atoms with Crippen molar-refractivity contribution >= 4 is 45.5 Å². The molecule has 25 heavy (non-hydrogen) atoms. The van der Waals surface area contributed by atoms with Gasteiger partial charge in [0.15, 0.2) is 5.13 Å². The van der Waals surface area contributed by atoms with Crippen molar-refractivity contribution < 1.29 is 4.79 Å². The summed E-state index contributed by atoms with van der Waals surface area (Å²) in [5, 5.41) is 9.81. The summed E-state index contributed by atoms with van der Waals surface area (Å²) in [5.41, 5.74) is 2.94. The number of carbonyl (C=O) groups excluding carboxylic acids is 1. The summed E-state index contributed by atoms with van der Waals surface area (Å²) >= 11 is 4.84. The molecule has 3 aromatic rings. The molecule has 0 fully saturated rings. The maximum atomic E-state index is 12.7. The molecule has 0 radical (unpaired) electrons. The van der Waals surface area contributed by atoms with E-state index in [1.807, 2.05) is 29.6 Å². The van der Waals surface area contributed by atoms with E-state index >= 15 is 0 Å². The number of thiophene rings is 1. The van der Waals surface area contributed by atoms with Crippen molar-refractivity contribution in [2.24, 2.45) is 0 Å². The van der Waals surface area contributed by atoms with Gasteiger partial charge in [-0.25, -0.2) is 4.98 Å².